The maximum absolute atomic E-state index is 13.2. The molecular weight excluding hydrogens is 417 g/mol. The average Bonchev–Trinajstić information content (AvgIpc) is 2.74. The number of hydrogen-bond donors (Lipinski definition) is 1. The molecule has 0 unspecified atom stereocenters. The number of aliphatic hydroxyl groups excluding tert-OH is 1. The molecule has 3 nitrogen and oxygen atoms in total. The summed E-state index contributed by atoms with van der Waals surface area (Å²) in [4.78, 5) is 12.6. The molecule has 0 saturated heterocycles. The van der Waals surface area contributed by atoms with Gasteiger partial charge in [0.15, 0.2) is 0 Å². The van der Waals surface area contributed by atoms with Crippen LogP contribution in [0.15, 0.2) is 66.7 Å². The second-order valence-corrected chi connectivity index (χ2v) is 6.99. The molecule has 0 radical (unpaired) electrons. The van der Waals surface area contributed by atoms with Crippen molar-refractivity contribution >= 4 is 5.91 Å². The van der Waals surface area contributed by atoms with Gasteiger partial charge in [0.1, 0.15) is 11.6 Å². The van der Waals surface area contributed by atoms with Crippen LogP contribution in [-0.4, -0.2) is 22.1 Å². The van der Waals surface area contributed by atoms with Crippen molar-refractivity contribution < 1.29 is 31.9 Å². The molecular formula is C23H18F5NO2. The average molecular weight is 435 g/mol. The molecule has 0 aliphatic heterocycles. The zero-order valence-electron chi connectivity index (χ0n) is 16.2. The summed E-state index contributed by atoms with van der Waals surface area (Å²) in [6, 6.07) is 15.0. The van der Waals surface area contributed by atoms with Crippen molar-refractivity contribution in [2.75, 3.05) is 0 Å². The van der Waals surface area contributed by atoms with Gasteiger partial charge in [0.2, 0.25) is 0 Å². The number of carbonyl (C=O) groups is 1. The number of carbonyl (C=O) groups excluding carboxylic acids is 1. The Labute approximate surface area is 175 Å². The maximum Gasteiger partial charge on any atom is 0.471 e. The van der Waals surface area contributed by atoms with Crippen LogP contribution >= 0.6 is 0 Å². The fraction of sp³-hybridized carbons (Fsp3) is 0.174. The van der Waals surface area contributed by atoms with E-state index in [0.717, 1.165) is 12.1 Å². The van der Waals surface area contributed by atoms with Gasteiger partial charge in [0.25, 0.3) is 0 Å². The fourth-order valence-corrected chi connectivity index (χ4v) is 3.16. The Hall–Kier alpha value is -3.26. The van der Waals surface area contributed by atoms with E-state index in [4.69, 9.17) is 0 Å². The largest absolute Gasteiger partial charge is 0.471 e. The maximum atomic E-state index is 13.2. The van der Waals surface area contributed by atoms with Crippen LogP contribution in [0, 0.1) is 11.6 Å². The molecule has 0 heterocycles. The lowest BCUT2D eigenvalue weighted by atomic mass is 9.99. The third-order valence-electron chi connectivity index (χ3n) is 4.60. The minimum Gasteiger partial charge on any atom is -0.392 e. The highest BCUT2D eigenvalue weighted by molar-refractivity contribution is 5.82. The molecule has 0 fully saturated rings. The summed E-state index contributed by atoms with van der Waals surface area (Å²) in [5.41, 5.74) is 2.27. The van der Waals surface area contributed by atoms with Crippen molar-refractivity contribution in [1.29, 1.82) is 0 Å². The van der Waals surface area contributed by atoms with Crippen LogP contribution in [0.25, 0.3) is 11.1 Å². The first-order valence-corrected chi connectivity index (χ1v) is 9.26. The van der Waals surface area contributed by atoms with Crippen LogP contribution in [-0.2, 0) is 24.5 Å². The molecule has 31 heavy (non-hydrogen) atoms. The Morgan fingerprint density at radius 1 is 0.742 bits per heavy atom. The number of rotatable bonds is 6. The van der Waals surface area contributed by atoms with E-state index in [1.54, 1.807) is 12.1 Å². The van der Waals surface area contributed by atoms with Gasteiger partial charge >= 0.3 is 12.1 Å². The van der Waals surface area contributed by atoms with Gasteiger partial charge in [0, 0.05) is 13.1 Å². The van der Waals surface area contributed by atoms with Gasteiger partial charge in [-0.2, -0.15) is 13.2 Å². The first kappa shape index (κ1) is 22.4. The van der Waals surface area contributed by atoms with Crippen LogP contribution < -0.4 is 0 Å². The van der Waals surface area contributed by atoms with Crippen molar-refractivity contribution in [2.24, 2.45) is 0 Å². The zero-order chi connectivity index (χ0) is 22.6. The van der Waals surface area contributed by atoms with Gasteiger partial charge in [-0.1, -0.05) is 30.3 Å². The van der Waals surface area contributed by atoms with Crippen LogP contribution in [0.5, 0.6) is 0 Å². The van der Waals surface area contributed by atoms with Crippen molar-refractivity contribution in [3.63, 3.8) is 0 Å². The van der Waals surface area contributed by atoms with Gasteiger partial charge in [0.05, 0.1) is 6.61 Å². The van der Waals surface area contributed by atoms with Crippen molar-refractivity contribution in [3.8, 4) is 11.1 Å². The lowest BCUT2D eigenvalue weighted by Gasteiger charge is -2.24. The van der Waals surface area contributed by atoms with E-state index in [2.05, 4.69) is 0 Å². The highest BCUT2D eigenvalue weighted by Gasteiger charge is 2.42. The van der Waals surface area contributed by atoms with Crippen molar-refractivity contribution in [2.45, 2.75) is 25.9 Å². The minimum absolute atomic E-state index is 0.330. The SMILES string of the molecule is O=C(N(Cc1ccc(F)cc1)Cc1cc(CO)cc(-c2ccc(F)cc2)c1)C(F)(F)F. The number of halogens is 5. The van der Waals surface area contributed by atoms with E-state index in [0.29, 0.717) is 32.7 Å². The van der Waals surface area contributed by atoms with Crippen LogP contribution in [0.4, 0.5) is 22.0 Å². The summed E-state index contributed by atoms with van der Waals surface area (Å²) < 4.78 is 65.9. The van der Waals surface area contributed by atoms with E-state index in [1.165, 1.54) is 42.5 Å². The third kappa shape index (κ3) is 5.88. The molecule has 3 rings (SSSR count). The second-order valence-electron chi connectivity index (χ2n) is 6.99. The molecule has 0 aromatic heterocycles. The minimum atomic E-state index is -5.09. The Morgan fingerprint density at radius 2 is 1.26 bits per heavy atom. The standard InChI is InChI=1S/C23H18F5NO2/c24-20-5-1-15(2-6-20)12-29(22(31)23(26,27)28)13-16-9-17(14-30)11-19(10-16)18-3-7-21(25)8-4-18/h1-11,30H,12-14H2. The summed E-state index contributed by atoms with van der Waals surface area (Å²) >= 11 is 0. The number of benzene rings is 3. The number of alkyl halides is 3. The molecule has 0 saturated carbocycles. The summed E-state index contributed by atoms with van der Waals surface area (Å²) in [7, 11) is 0. The van der Waals surface area contributed by atoms with E-state index >= 15 is 0 Å². The molecule has 162 valence electrons. The quantitative estimate of drug-likeness (QED) is 0.540. The number of hydrogen-bond acceptors (Lipinski definition) is 2. The van der Waals surface area contributed by atoms with E-state index in [1.807, 2.05) is 0 Å². The van der Waals surface area contributed by atoms with Crippen LogP contribution in [0.3, 0.4) is 0 Å². The monoisotopic (exact) mass is 435 g/mol. The van der Waals surface area contributed by atoms with E-state index in [9.17, 15) is 31.9 Å². The summed E-state index contributed by atoms with van der Waals surface area (Å²) in [6.07, 6.45) is -5.09. The Kier molecular flexibility index (Phi) is 6.70. The van der Waals surface area contributed by atoms with Gasteiger partial charge in [-0.3, -0.25) is 4.79 Å². The van der Waals surface area contributed by atoms with Crippen LogP contribution in [0.1, 0.15) is 16.7 Å². The molecule has 0 atom stereocenters. The topological polar surface area (TPSA) is 40.5 Å². The normalized spacial score (nSPS) is 11.4. The molecule has 0 bridgehead atoms. The lowest BCUT2D eigenvalue weighted by molar-refractivity contribution is -0.186. The highest BCUT2D eigenvalue weighted by Crippen LogP contribution is 2.26. The molecule has 0 aliphatic carbocycles. The highest BCUT2D eigenvalue weighted by atomic mass is 19.4. The number of amides is 1. The first-order chi connectivity index (χ1) is 14.7. The number of aliphatic hydroxyl groups is 1. The molecule has 0 aliphatic rings. The molecule has 3 aromatic rings. The Bertz CT molecular complexity index is 1050. The van der Waals surface area contributed by atoms with E-state index in [-0.39, 0.29) is 13.2 Å². The smallest absolute Gasteiger partial charge is 0.392 e. The Morgan fingerprint density at radius 3 is 1.81 bits per heavy atom. The Balaban J connectivity index is 1.95. The van der Waals surface area contributed by atoms with E-state index < -0.39 is 30.3 Å². The van der Waals surface area contributed by atoms with Gasteiger partial charge in [-0.05, 0) is 64.2 Å². The third-order valence-corrected chi connectivity index (χ3v) is 4.60. The molecule has 1 amide bonds. The molecule has 3 aromatic carbocycles. The van der Waals surface area contributed by atoms with Crippen LogP contribution in [0.2, 0.25) is 0 Å². The second kappa shape index (κ2) is 9.26. The first-order valence-electron chi connectivity index (χ1n) is 9.26. The lowest BCUT2D eigenvalue weighted by Crippen LogP contribution is -2.40. The van der Waals surface area contributed by atoms with Gasteiger partial charge in [-0.25, -0.2) is 8.78 Å². The molecule has 1 N–H and O–H groups in total. The molecule has 8 heteroatoms. The summed E-state index contributed by atoms with van der Waals surface area (Å²) in [5, 5.41) is 9.56. The zero-order valence-corrected chi connectivity index (χ0v) is 16.2. The summed E-state index contributed by atoms with van der Waals surface area (Å²) in [6.45, 7) is -1.14. The predicted molar refractivity (Wildman–Crippen MR) is 104 cm³/mol. The number of nitrogens with zero attached hydrogens (tertiary/aromatic N) is 1. The van der Waals surface area contributed by atoms with Crippen molar-refractivity contribution in [1.82, 2.24) is 4.90 Å². The van der Waals surface area contributed by atoms with Gasteiger partial charge < -0.3 is 10.0 Å². The molecule has 0 spiro atoms. The summed E-state index contributed by atoms with van der Waals surface area (Å²) in [5.74, 6) is -3.02. The predicted octanol–water partition coefficient (Wildman–Crippen LogP) is 5.22. The van der Waals surface area contributed by atoms with Gasteiger partial charge in [-0.15, -0.1) is 0 Å². The fourth-order valence-electron chi connectivity index (χ4n) is 3.16. The van der Waals surface area contributed by atoms with Crippen molar-refractivity contribution in [3.05, 3.63) is 95.1 Å².